The van der Waals surface area contributed by atoms with E-state index in [1.165, 1.54) is 25.6 Å². The number of nitrogens with one attached hydrogen (secondary N) is 1. The quantitative estimate of drug-likeness (QED) is 0.853. The first-order valence-corrected chi connectivity index (χ1v) is 7.91. The highest BCUT2D eigenvalue weighted by atomic mass is 35.5. The van der Waals surface area contributed by atoms with Crippen LogP contribution in [0.25, 0.3) is 0 Å². The van der Waals surface area contributed by atoms with Crippen LogP contribution in [0.4, 0.5) is 10.9 Å². The molecule has 3 rings (SSSR count). The third kappa shape index (κ3) is 2.89. The van der Waals surface area contributed by atoms with Crippen molar-refractivity contribution in [2.24, 2.45) is 0 Å². The predicted octanol–water partition coefficient (Wildman–Crippen LogP) is 3.42. The summed E-state index contributed by atoms with van der Waals surface area (Å²) in [6.45, 7) is 2.90. The van der Waals surface area contributed by atoms with Gasteiger partial charge in [-0.05, 0) is 19.8 Å². The van der Waals surface area contributed by atoms with E-state index in [2.05, 4.69) is 27.1 Å². The lowest BCUT2D eigenvalue weighted by atomic mass is 10.3. The van der Waals surface area contributed by atoms with Gasteiger partial charge in [0.1, 0.15) is 0 Å². The Hall–Kier alpha value is -1.60. The van der Waals surface area contributed by atoms with E-state index in [0.717, 1.165) is 23.7 Å². The number of carbonyl (C=O) groups is 1. The van der Waals surface area contributed by atoms with Crippen molar-refractivity contribution in [3.8, 4) is 0 Å². The molecule has 0 unspecified atom stereocenters. The smallest absolute Gasteiger partial charge is 0.351 e. The summed E-state index contributed by atoms with van der Waals surface area (Å²) in [5, 5.41) is 8.28. The highest BCUT2D eigenvalue weighted by Crippen LogP contribution is 2.41. The molecule has 1 fully saturated rings. The second kappa shape index (κ2) is 5.65. The summed E-state index contributed by atoms with van der Waals surface area (Å²) in [7, 11) is 1.32. The number of ether oxygens (including phenoxy) is 1. The van der Waals surface area contributed by atoms with Crippen LogP contribution in [0.3, 0.4) is 0 Å². The second-order valence-electron chi connectivity index (χ2n) is 4.80. The number of nitrogens with zero attached hydrogens (tertiary/aromatic N) is 3. The molecule has 0 bridgehead atoms. The number of methoxy groups -OCH3 is 1. The molecule has 0 radical (unpaired) electrons. The van der Waals surface area contributed by atoms with Gasteiger partial charge in [-0.25, -0.2) is 9.78 Å². The zero-order chi connectivity index (χ0) is 15.0. The average molecular weight is 327 g/mol. The summed E-state index contributed by atoms with van der Waals surface area (Å²) < 4.78 is 6.66. The van der Waals surface area contributed by atoms with Crippen molar-refractivity contribution in [3.05, 3.63) is 21.8 Å². The molecule has 1 N–H and O–H groups in total. The molecule has 2 heterocycles. The molecule has 2 aromatic rings. The van der Waals surface area contributed by atoms with Gasteiger partial charge in [0.25, 0.3) is 0 Å². The predicted molar refractivity (Wildman–Crippen MR) is 81.6 cm³/mol. The minimum atomic E-state index is -0.483. The summed E-state index contributed by atoms with van der Waals surface area (Å²) in [5.74, 6) is 0.863. The molecule has 0 saturated heterocycles. The Morgan fingerprint density at radius 3 is 3.00 bits per heavy atom. The third-order valence-electron chi connectivity index (χ3n) is 3.30. The van der Waals surface area contributed by atoms with Crippen molar-refractivity contribution in [1.82, 2.24) is 14.8 Å². The summed E-state index contributed by atoms with van der Waals surface area (Å²) in [6.07, 6.45) is 2.45. The van der Waals surface area contributed by atoms with Gasteiger partial charge in [-0.15, -0.1) is 0 Å². The number of hydrogen-bond acceptors (Lipinski definition) is 6. The van der Waals surface area contributed by atoms with Crippen molar-refractivity contribution >= 4 is 39.9 Å². The fourth-order valence-electron chi connectivity index (χ4n) is 2.14. The highest BCUT2D eigenvalue weighted by molar-refractivity contribution is 7.18. The van der Waals surface area contributed by atoms with E-state index >= 15 is 0 Å². The topological polar surface area (TPSA) is 69.0 Å². The zero-order valence-corrected chi connectivity index (χ0v) is 13.3. The van der Waals surface area contributed by atoms with Crippen LogP contribution in [-0.2, 0) is 11.3 Å². The summed E-state index contributed by atoms with van der Waals surface area (Å²) in [6, 6.07) is 2.04. The maximum Gasteiger partial charge on any atom is 0.351 e. The number of hydrogen-bond donors (Lipinski definition) is 1. The molecule has 1 aliphatic carbocycles. The number of esters is 1. The Morgan fingerprint density at radius 2 is 2.38 bits per heavy atom. The average Bonchev–Trinajstić information content (AvgIpc) is 3.15. The fraction of sp³-hybridized carbons (Fsp3) is 0.462. The van der Waals surface area contributed by atoms with Crippen LogP contribution >= 0.6 is 22.9 Å². The fourth-order valence-corrected chi connectivity index (χ4v) is 3.25. The van der Waals surface area contributed by atoms with Crippen LogP contribution in [0, 0.1) is 0 Å². The lowest BCUT2D eigenvalue weighted by molar-refractivity contribution is 0.0606. The molecule has 0 amide bonds. The van der Waals surface area contributed by atoms with Crippen LogP contribution in [-0.4, -0.2) is 27.8 Å². The summed E-state index contributed by atoms with van der Waals surface area (Å²) in [5.41, 5.74) is 1.25. The minimum Gasteiger partial charge on any atom is -0.465 e. The van der Waals surface area contributed by atoms with E-state index in [-0.39, 0.29) is 5.15 Å². The molecule has 112 valence electrons. The van der Waals surface area contributed by atoms with Crippen LogP contribution in [0.5, 0.6) is 0 Å². The van der Waals surface area contributed by atoms with E-state index in [9.17, 15) is 4.79 Å². The van der Waals surface area contributed by atoms with E-state index in [0.29, 0.717) is 15.9 Å². The number of rotatable bonds is 5. The van der Waals surface area contributed by atoms with Crippen LogP contribution in [0.2, 0.25) is 5.15 Å². The molecule has 21 heavy (non-hydrogen) atoms. The third-order valence-corrected chi connectivity index (χ3v) is 4.63. The standard InChI is InChI=1S/C13H15ClN4O2S/c1-3-18-8(7-4-5-7)6-9(17-18)15-13-16-11(14)10(21-13)12(19)20-2/h6-7H,3-5H2,1-2H3,(H,15,16,17). The Morgan fingerprint density at radius 1 is 1.62 bits per heavy atom. The lowest BCUT2D eigenvalue weighted by Crippen LogP contribution is -2.01. The monoisotopic (exact) mass is 326 g/mol. The largest absolute Gasteiger partial charge is 0.465 e. The molecule has 6 nitrogen and oxygen atoms in total. The summed E-state index contributed by atoms with van der Waals surface area (Å²) >= 11 is 7.10. The lowest BCUT2D eigenvalue weighted by Gasteiger charge is -2.00. The first-order chi connectivity index (χ1) is 10.1. The Kier molecular flexibility index (Phi) is 3.86. The number of anilines is 2. The van der Waals surface area contributed by atoms with E-state index in [4.69, 9.17) is 11.6 Å². The number of thiazole rings is 1. The molecule has 0 aliphatic heterocycles. The van der Waals surface area contributed by atoms with Gasteiger partial charge in [0.05, 0.1) is 7.11 Å². The van der Waals surface area contributed by atoms with E-state index in [1.807, 2.05) is 10.7 Å². The normalized spacial score (nSPS) is 14.2. The maximum atomic E-state index is 11.5. The van der Waals surface area contributed by atoms with Crippen molar-refractivity contribution in [1.29, 1.82) is 0 Å². The Labute approximate surface area is 131 Å². The Bertz CT molecular complexity index is 678. The van der Waals surface area contributed by atoms with Gasteiger partial charge in [-0.3, -0.25) is 4.68 Å². The molecule has 0 spiro atoms. The van der Waals surface area contributed by atoms with E-state index < -0.39 is 5.97 Å². The Balaban J connectivity index is 1.82. The molecule has 0 aromatic carbocycles. The van der Waals surface area contributed by atoms with Gasteiger partial charge in [-0.2, -0.15) is 5.10 Å². The van der Waals surface area contributed by atoms with Gasteiger partial charge in [0.2, 0.25) is 0 Å². The number of halogens is 1. The minimum absolute atomic E-state index is 0.145. The van der Waals surface area contributed by atoms with Crippen LogP contribution < -0.4 is 5.32 Å². The van der Waals surface area contributed by atoms with Gasteiger partial charge in [-0.1, -0.05) is 22.9 Å². The van der Waals surface area contributed by atoms with Gasteiger partial charge in [0, 0.05) is 24.2 Å². The van der Waals surface area contributed by atoms with Gasteiger partial charge < -0.3 is 10.1 Å². The van der Waals surface area contributed by atoms with Crippen LogP contribution in [0.1, 0.15) is 41.0 Å². The first-order valence-electron chi connectivity index (χ1n) is 6.71. The molecular formula is C13H15ClN4O2S. The van der Waals surface area contributed by atoms with Crippen molar-refractivity contribution in [2.45, 2.75) is 32.2 Å². The highest BCUT2D eigenvalue weighted by Gasteiger charge is 2.28. The maximum absolute atomic E-state index is 11.5. The second-order valence-corrected chi connectivity index (χ2v) is 6.16. The van der Waals surface area contributed by atoms with Gasteiger partial charge >= 0.3 is 5.97 Å². The van der Waals surface area contributed by atoms with E-state index in [1.54, 1.807) is 0 Å². The van der Waals surface area contributed by atoms with Crippen molar-refractivity contribution in [2.75, 3.05) is 12.4 Å². The zero-order valence-electron chi connectivity index (χ0n) is 11.7. The van der Waals surface area contributed by atoms with Gasteiger partial charge in [0.15, 0.2) is 21.0 Å². The molecule has 1 aliphatic rings. The summed E-state index contributed by atoms with van der Waals surface area (Å²) in [4.78, 5) is 15.9. The molecule has 1 saturated carbocycles. The van der Waals surface area contributed by atoms with Crippen LogP contribution in [0.15, 0.2) is 6.07 Å². The first kappa shape index (κ1) is 14.3. The molecular weight excluding hydrogens is 312 g/mol. The van der Waals surface area contributed by atoms with Crippen molar-refractivity contribution in [3.63, 3.8) is 0 Å². The molecule has 8 heteroatoms. The van der Waals surface area contributed by atoms with Crippen molar-refractivity contribution < 1.29 is 9.53 Å². The number of aryl methyl sites for hydroxylation is 1. The number of aromatic nitrogens is 3. The number of carbonyl (C=O) groups excluding carboxylic acids is 1. The molecule has 0 atom stereocenters. The SMILES string of the molecule is CCn1nc(Nc2nc(Cl)c(C(=O)OC)s2)cc1C1CC1. The molecule has 2 aromatic heterocycles.